The first-order chi connectivity index (χ1) is 10.9. The van der Waals surface area contributed by atoms with Crippen LogP contribution >= 0.6 is 0 Å². The fourth-order valence-electron chi connectivity index (χ4n) is 2.68. The number of likely N-dealkylation sites (tertiary alicyclic amines) is 1. The first-order valence-electron chi connectivity index (χ1n) is 8.02. The molecule has 1 heterocycles. The highest BCUT2D eigenvalue weighted by molar-refractivity contribution is 5.80. The van der Waals surface area contributed by atoms with Crippen molar-refractivity contribution in [2.24, 2.45) is 0 Å². The number of hydrogen-bond donors (Lipinski definition) is 3. The Labute approximate surface area is 137 Å². The summed E-state index contributed by atoms with van der Waals surface area (Å²) in [5.74, 6) is -1.27. The van der Waals surface area contributed by atoms with E-state index in [4.69, 9.17) is 5.11 Å². The zero-order valence-electron chi connectivity index (χ0n) is 14.0. The number of carboxylic acid groups (broad SMARTS) is 1. The third kappa shape index (κ3) is 8.51. The summed E-state index contributed by atoms with van der Waals surface area (Å²) in [6.07, 6.45) is 2.28. The zero-order valence-corrected chi connectivity index (χ0v) is 14.0. The molecule has 1 aliphatic rings. The number of amides is 2. The second kappa shape index (κ2) is 10.2. The lowest BCUT2D eigenvalue weighted by molar-refractivity contribution is -0.137. The van der Waals surface area contributed by atoms with Crippen molar-refractivity contribution in [3.63, 3.8) is 0 Å². The highest BCUT2D eigenvalue weighted by atomic mass is 16.5. The van der Waals surface area contributed by atoms with Gasteiger partial charge in [-0.15, -0.1) is 0 Å². The maximum Gasteiger partial charge on any atom is 0.305 e. The van der Waals surface area contributed by atoms with Crippen molar-refractivity contribution in [3.05, 3.63) is 0 Å². The van der Waals surface area contributed by atoms with Gasteiger partial charge in [0.25, 0.3) is 0 Å². The molecular weight excluding hydrogens is 309 g/mol. The Morgan fingerprint density at radius 2 is 1.78 bits per heavy atom. The minimum Gasteiger partial charge on any atom is -0.481 e. The molecule has 2 amide bonds. The second-order valence-electron chi connectivity index (χ2n) is 6.12. The van der Waals surface area contributed by atoms with E-state index < -0.39 is 5.97 Å². The topological polar surface area (TPSA) is 102 Å². The Hall–Kier alpha value is -1.67. The van der Waals surface area contributed by atoms with Gasteiger partial charge in [0.15, 0.2) is 0 Å². The number of nitrogens with one attached hydrogen (secondary N) is 2. The van der Waals surface area contributed by atoms with Crippen LogP contribution in [0.2, 0.25) is 0 Å². The van der Waals surface area contributed by atoms with Crippen LogP contribution in [0.25, 0.3) is 0 Å². The lowest BCUT2D eigenvalue weighted by Crippen LogP contribution is -2.44. The number of carbonyl (C=O) groups excluding carboxylic acids is 2. The molecule has 8 heteroatoms. The molecule has 23 heavy (non-hydrogen) atoms. The summed E-state index contributed by atoms with van der Waals surface area (Å²) in [5, 5.41) is 13.7. The van der Waals surface area contributed by atoms with Crippen LogP contribution in [-0.2, 0) is 14.4 Å². The summed E-state index contributed by atoms with van der Waals surface area (Å²) in [4.78, 5) is 38.0. The van der Waals surface area contributed by atoms with Gasteiger partial charge in [0.1, 0.15) is 0 Å². The molecule has 1 unspecified atom stereocenters. The first kappa shape index (κ1) is 19.4. The average molecular weight is 337 g/mol. The van der Waals surface area contributed by atoms with Gasteiger partial charge in [0.05, 0.1) is 13.0 Å². The van der Waals surface area contributed by atoms with E-state index in [1.54, 1.807) is 0 Å². The molecule has 0 bridgehead atoms. The largest absolute Gasteiger partial charge is 0.481 e. The van der Waals surface area contributed by atoms with Gasteiger partial charge in [-0.05, 0) is 33.5 Å². The molecule has 1 atom stereocenters. The van der Waals surface area contributed by atoms with Gasteiger partial charge in [-0.1, -0.05) is 0 Å². The molecule has 1 aliphatic heterocycles. The molecule has 1 rings (SSSR count). The average Bonchev–Trinajstić information content (AvgIpc) is 2.84. The van der Waals surface area contributed by atoms with Gasteiger partial charge >= 0.3 is 5.97 Å². The number of carbonyl (C=O) groups is 3. The van der Waals surface area contributed by atoms with Crippen LogP contribution < -0.4 is 10.6 Å². The van der Waals surface area contributed by atoms with Crippen LogP contribution in [0.15, 0.2) is 0 Å². The number of hydrogen-bond acceptors (Lipinski definition) is 5. The Bertz CT molecular complexity index is 414. The molecule has 0 radical (unpaired) electrons. The van der Waals surface area contributed by atoms with Crippen molar-refractivity contribution >= 4 is 17.8 Å². The van der Waals surface area contributed by atoms with E-state index in [0.29, 0.717) is 12.6 Å². The third-order valence-corrected chi connectivity index (χ3v) is 3.76. The van der Waals surface area contributed by atoms with Gasteiger partial charge in [0, 0.05) is 32.1 Å². The lowest BCUT2D eigenvalue weighted by Gasteiger charge is -2.26. The summed E-state index contributed by atoms with van der Waals surface area (Å²) < 4.78 is 0. The first-order valence-corrected chi connectivity index (χ1v) is 8.02. The van der Waals surface area contributed by atoms with Crippen molar-refractivity contribution in [2.75, 3.05) is 46.8 Å². The Kier molecular flexibility index (Phi) is 8.57. The summed E-state index contributed by atoms with van der Waals surface area (Å²) >= 11 is 0. The van der Waals surface area contributed by atoms with Crippen LogP contribution in [0.4, 0.5) is 0 Å². The normalized spacial score (nSPS) is 18.1. The van der Waals surface area contributed by atoms with E-state index in [9.17, 15) is 14.4 Å². The molecule has 8 nitrogen and oxygen atoms in total. The van der Waals surface area contributed by atoms with Crippen LogP contribution in [0.3, 0.4) is 0 Å². The second-order valence-corrected chi connectivity index (χ2v) is 6.12. The predicted octanol–water partition coefficient (Wildman–Crippen LogP) is -0.890. The van der Waals surface area contributed by atoms with Gasteiger partial charge < -0.3 is 20.6 Å². The van der Waals surface area contributed by atoms with Crippen molar-refractivity contribution in [3.8, 4) is 0 Å². The maximum atomic E-state index is 11.9. The summed E-state index contributed by atoms with van der Waals surface area (Å²) in [6, 6.07) is 0.412. The molecule has 1 fully saturated rings. The highest BCUT2D eigenvalue weighted by Crippen LogP contribution is 2.16. The van der Waals surface area contributed by atoms with Crippen LogP contribution in [0.5, 0.6) is 0 Å². The number of nitrogens with zero attached hydrogens (tertiary/aromatic N) is 2. The van der Waals surface area contributed by atoms with Crippen LogP contribution in [0, 0.1) is 0 Å². The van der Waals surface area contributed by atoms with Gasteiger partial charge in [0.2, 0.25) is 11.8 Å². The van der Waals surface area contributed by atoms with Crippen molar-refractivity contribution < 1.29 is 19.5 Å². The SMILES string of the molecule is CN(C)CC1CCCN1[13CH2]C(=O)[15NH][13CH2][13CH2][13C](=O)[15NH][13CH2][13CH2][13C](=O)O. The Morgan fingerprint density at radius 1 is 1.13 bits per heavy atom. The highest BCUT2D eigenvalue weighted by Gasteiger charge is 2.26. The van der Waals surface area contributed by atoms with E-state index in [-0.39, 0.29) is 37.7 Å². The maximum absolute atomic E-state index is 11.9. The molecule has 0 saturated carbocycles. The minimum atomic E-state index is -0.948. The fourth-order valence-corrected chi connectivity index (χ4v) is 2.68. The fraction of sp³-hybridized carbons (Fsp3) is 0.800. The minimum absolute atomic E-state index is 0.0750. The summed E-state index contributed by atoms with van der Waals surface area (Å²) in [5.41, 5.74) is 0. The van der Waals surface area contributed by atoms with Gasteiger partial charge in [-0.25, -0.2) is 0 Å². The molecule has 132 valence electrons. The molecule has 1 saturated heterocycles. The molecular formula is C15H28N4O4. The van der Waals surface area contributed by atoms with E-state index >= 15 is 0 Å². The van der Waals surface area contributed by atoms with E-state index in [1.807, 2.05) is 14.1 Å². The van der Waals surface area contributed by atoms with E-state index in [0.717, 1.165) is 25.9 Å². The number of likely N-dealkylation sites (N-methyl/N-ethyl adjacent to an activating group) is 1. The summed E-state index contributed by atoms with van der Waals surface area (Å²) in [6.45, 7) is 2.62. The van der Waals surface area contributed by atoms with Gasteiger partial charge in [-0.3, -0.25) is 19.3 Å². The molecule has 0 aliphatic carbocycles. The number of carboxylic acids is 1. The Morgan fingerprint density at radius 3 is 2.43 bits per heavy atom. The Balaban J connectivity index is 2.16. The van der Waals surface area contributed by atoms with E-state index in [1.165, 1.54) is 0 Å². The van der Waals surface area contributed by atoms with Crippen molar-refractivity contribution in [1.82, 2.24) is 20.4 Å². The van der Waals surface area contributed by atoms with Crippen LogP contribution in [0.1, 0.15) is 25.7 Å². The van der Waals surface area contributed by atoms with Crippen LogP contribution in [-0.4, -0.2) is 85.6 Å². The molecule has 0 aromatic carbocycles. The predicted molar refractivity (Wildman–Crippen MR) is 86.0 cm³/mol. The number of aliphatic carboxylic acids is 1. The standard InChI is InChI=1S/C15H28N4O4/c1-18(2)10-12-4-3-9-19(12)11-14(21)17-7-5-13(20)16-8-6-15(22)23/h12H,3-11H2,1-2H3,(H,16,20)(H,17,21)(H,22,23)/i5+1,6+1,7+1,8+1,11+1,13+1,15+1,16+1,17+1. The zero-order chi connectivity index (χ0) is 17.2. The monoisotopic (exact) mass is 337 g/mol. The third-order valence-electron chi connectivity index (χ3n) is 3.76. The van der Waals surface area contributed by atoms with Crippen molar-refractivity contribution in [1.29, 1.82) is 0 Å². The molecule has 3 N–H and O–H groups in total. The smallest absolute Gasteiger partial charge is 0.305 e. The lowest BCUT2D eigenvalue weighted by atomic mass is 10.2. The molecule has 0 aromatic heterocycles. The van der Waals surface area contributed by atoms with Gasteiger partial charge in [-0.2, -0.15) is 0 Å². The van der Waals surface area contributed by atoms with E-state index in [2.05, 4.69) is 20.4 Å². The molecule has 0 spiro atoms. The summed E-state index contributed by atoms with van der Waals surface area (Å²) in [7, 11) is 4.05. The molecule has 0 aromatic rings. The van der Waals surface area contributed by atoms with Crippen molar-refractivity contribution in [2.45, 2.75) is 31.7 Å². The quantitative estimate of drug-likeness (QED) is 0.353. The number of rotatable bonds is 10.